The largest absolute Gasteiger partial charge is 0.486 e. The molecule has 0 radical (unpaired) electrons. The van der Waals surface area contributed by atoms with E-state index < -0.39 is 58.5 Å². The summed E-state index contributed by atoms with van der Waals surface area (Å²) in [6.45, 7) is 17.3. The highest BCUT2D eigenvalue weighted by atomic mass is 19.1. The molecule has 0 spiro atoms. The number of carbonyl (C=O) groups excluding carboxylic acids is 5. The van der Waals surface area contributed by atoms with Gasteiger partial charge in [-0.05, 0) is 136 Å². The maximum absolute atomic E-state index is 16.0. The molecule has 15 heteroatoms. The van der Waals surface area contributed by atoms with Crippen LogP contribution in [0.2, 0.25) is 0 Å². The third-order valence-electron chi connectivity index (χ3n) is 8.23. The fourth-order valence-corrected chi connectivity index (χ4v) is 5.48. The van der Waals surface area contributed by atoms with Crippen molar-refractivity contribution in [2.45, 2.75) is 112 Å². The van der Waals surface area contributed by atoms with Gasteiger partial charge in [0.15, 0.2) is 11.6 Å². The Morgan fingerprint density at radius 2 is 1.34 bits per heavy atom. The third-order valence-corrected chi connectivity index (χ3v) is 8.23. The lowest BCUT2D eigenvalue weighted by Crippen LogP contribution is -2.44. The molecular weight excluding hydrogens is 749 g/mol. The van der Waals surface area contributed by atoms with Crippen molar-refractivity contribution in [2.75, 3.05) is 30.0 Å². The Labute approximate surface area is 339 Å². The third kappa shape index (κ3) is 11.7. The lowest BCUT2D eigenvalue weighted by molar-refractivity contribution is -0.124. The van der Waals surface area contributed by atoms with E-state index in [1.807, 2.05) is 12.1 Å². The maximum Gasteiger partial charge on any atom is 0.425 e. The summed E-state index contributed by atoms with van der Waals surface area (Å²) in [5.41, 5.74) is -2.14. The molecule has 5 amide bonds. The fraction of sp³-hybridized carbons (Fsp3) is 0.465. The molecule has 0 aliphatic heterocycles. The molecule has 1 aromatic heterocycles. The van der Waals surface area contributed by atoms with E-state index >= 15 is 4.39 Å². The quantitative estimate of drug-likeness (QED) is 0.151. The second-order valence-electron chi connectivity index (χ2n) is 16.7. The monoisotopic (exact) mass is 801 g/mol. The molecule has 0 saturated heterocycles. The van der Waals surface area contributed by atoms with Crippen LogP contribution < -0.4 is 14.5 Å². The van der Waals surface area contributed by atoms with Crippen LogP contribution in [0.25, 0.3) is 11.3 Å². The lowest BCUT2D eigenvalue weighted by Gasteiger charge is -2.29. The van der Waals surface area contributed by atoms with Gasteiger partial charge in [0.1, 0.15) is 41.2 Å². The van der Waals surface area contributed by atoms with Gasteiger partial charge in [-0.25, -0.2) is 33.6 Å². The second-order valence-corrected chi connectivity index (χ2v) is 16.7. The van der Waals surface area contributed by atoms with Crippen molar-refractivity contribution >= 4 is 41.6 Å². The number of hydrogen-bond acceptors (Lipinski definition) is 11. The van der Waals surface area contributed by atoms with Crippen molar-refractivity contribution in [3.05, 3.63) is 65.2 Å². The van der Waals surface area contributed by atoms with Gasteiger partial charge in [-0.2, -0.15) is 4.90 Å². The topological polar surface area (TPSA) is 158 Å². The van der Waals surface area contributed by atoms with Crippen LogP contribution in [0, 0.1) is 24.6 Å². The summed E-state index contributed by atoms with van der Waals surface area (Å²) in [7, 11) is 1.50. The van der Waals surface area contributed by atoms with Crippen molar-refractivity contribution in [1.29, 1.82) is 0 Å². The van der Waals surface area contributed by atoms with Gasteiger partial charge in [0, 0.05) is 18.2 Å². The number of rotatable bonds is 9. The summed E-state index contributed by atoms with van der Waals surface area (Å²) in [6.07, 6.45) is -0.287. The Morgan fingerprint density at radius 3 is 1.84 bits per heavy atom. The SMILES string of the molecule is CC#CC(=O)N(C)CCOc1c(-c2cc(F)cc(N(C(=O)OC(C)(C)C)C(=O)c3ccc(C4CC4)cc3)c2C)ncnc1N(C(=O)OC(C)(C)C)C(=O)OC(C)(C)C. The van der Waals surface area contributed by atoms with Gasteiger partial charge in [-0.15, -0.1) is 0 Å². The Kier molecular flexibility index (Phi) is 13.6. The minimum Gasteiger partial charge on any atom is -0.486 e. The van der Waals surface area contributed by atoms with Crippen LogP contribution in [-0.4, -0.2) is 82.0 Å². The molecule has 0 N–H and O–H groups in total. The first-order chi connectivity index (χ1) is 26.9. The number of aromatic nitrogens is 2. The van der Waals surface area contributed by atoms with Gasteiger partial charge in [0.05, 0.1) is 12.2 Å². The summed E-state index contributed by atoms with van der Waals surface area (Å²) in [4.78, 5) is 79.5. The predicted octanol–water partition coefficient (Wildman–Crippen LogP) is 8.59. The first-order valence-electron chi connectivity index (χ1n) is 18.8. The number of anilines is 2. The van der Waals surface area contributed by atoms with E-state index in [2.05, 4.69) is 21.8 Å². The Balaban J connectivity index is 1.96. The normalized spacial score (nSPS) is 12.7. The summed E-state index contributed by atoms with van der Waals surface area (Å²) in [5, 5.41) is 0. The average molecular weight is 802 g/mol. The Hall–Kier alpha value is -6.04. The summed E-state index contributed by atoms with van der Waals surface area (Å²) in [5.74, 6) is 2.48. The van der Waals surface area contributed by atoms with Crippen molar-refractivity contribution < 1.29 is 47.3 Å². The molecule has 310 valence electrons. The van der Waals surface area contributed by atoms with E-state index in [4.69, 9.17) is 18.9 Å². The van der Waals surface area contributed by atoms with Crippen LogP contribution in [0.15, 0.2) is 42.7 Å². The minimum absolute atomic E-state index is 0.00584. The number of ether oxygens (including phenoxy) is 4. The van der Waals surface area contributed by atoms with Gasteiger partial charge in [-0.3, -0.25) is 9.59 Å². The molecule has 2 aromatic carbocycles. The van der Waals surface area contributed by atoms with Crippen LogP contribution in [0.5, 0.6) is 5.75 Å². The molecule has 58 heavy (non-hydrogen) atoms. The zero-order chi connectivity index (χ0) is 43.3. The van der Waals surface area contributed by atoms with Gasteiger partial charge < -0.3 is 23.8 Å². The lowest BCUT2D eigenvalue weighted by atomic mass is 10.0. The molecule has 1 fully saturated rings. The highest BCUT2D eigenvalue weighted by molar-refractivity contribution is 6.20. The van der Waals surface area contributed by atoms with E-state index in [1.165, 1.54) is 25.8 Å². The summed E-state index contributed by atoms with van der Waals surface area (Å²) in [6, 6.07) is 9.00. The number of amides is 5. The molecule has 1 aliphatic carbocycles. The smallest absolute Gasteiger partial charge is 0.425 e. The number of halogens is 1. The van der Waals surface area contributed by atoms with E-state index in [9.17, 15) is 24.0 Å². The Morgan fingerprint density at radius 1 is 0.810 bits per heavy atom. The van der Waals surface area contributed by atoms with E-state index in [0.29, 0.717) is 10.8 Å². The number of likely N-dealkylation sites (N-methyl/N-ethyl adjacent to an activating group) is 1. The standard InChI is InChI=1S/C43H52FN5O9/c1-13-14-33(50)47(12)21-22-55-35-34(45-25-46-36(35)49(39(53)57-42(6,7)8)40(54)58-43(9,10)11)31-23-30(44)24-32(26(31)2)48(38(52)56-41(3,4)5)37(51)29-19-17-28(18-20-29)27-15-16-27/h17-20,23-25,27H,15-16,21-22H2,1-12H3. The van der Waals surface area contributed by atoms with Crippen molar-refractivity contribution in [1.82, 2.24) is 14.9 Å². The van der Waals surface area contributed by atoms with Crippen molar-refractivity contribution in [2.24, 2.45) is 0 Å². The number of benzene rings is 2. The molecule has 4 rings (SSSR count). The van der Waals surface area contributed by atoms with Crippen LogP contribution >= 0.6 is 0 Å². The zero-order valence-electron chi connectivity index (χ0n) is 35.2. The zero-order valence-corrected chi connectivity index (χ0v) is 35.2. The van der Waals surface area contributed by atoms with Crippen LogP contribution in [-0.2, 0) is 19.0 Å². The van der Waals surface area contributed by atoms with Gasteiger partial charge in [0.2, 0.25) is 0 Å². The first kappa shape index (κ1) is 44.7. The highest BCUT2D eigenvalue weighted by Crippen LogP contribution is 2.42. The van der Waals surface area contributed by atoms with E-state index in [0.717, 1.165) is 41.8 Å². The number of hydrogen-bond donors (Lipinski definition) is 0. The van der Waals surface area contributed by atoms with E-state index in [1.54, 1.807) is 74.4 Å². The fourth-order valence-electron chi connectivity index (χ4n) is 5.48. The van der Waals surface area contributed by atoms with Crippen LogP contribution in [0.1, 0.15) is 109 Å². The maximum atomic E-state index is 16.0. The molecule has 0 unspecified atom stereocenters. The molecular formula is C43H52FN5O9. The Bertz CT molecular complexity index is 2090. The molecule has 0 atom stereocenters. The summed E-state index contributed by atoms with van der Waals surface area (Å²) < 4.78 is 39.1. The molecule has 3 aromatic rings. The molecule has 1 saturated carbocycles. The van der Waals surface area contributed by atoms with Crippen molar-refractivity contribution in [3.8, 4) is 28.8 Å². The summed E-state index contributed by atoms with van der Waals surface area (Å²) >= 11 is 0. The number of imide groups is 2. The minimum atomic E-state index is -1.17. The second kappa shape index (κ2) is 17.6. The average Bonchev–Trinajstić information content (AvgIpc) is 3.94. The van der Waals surface area contributed by atoms with Crippen LogP contribution in [0.3, 0.4) is 0 Å². The first-order valence-corrected chi connectivity index (χ1v) is 18.8. The number of nitrogens with zero attached hydrogens (tertiary/aromatic N) is 5. The van der Waals surface area contributed by atoms with Crippen LogP contribution in [0.4, 0.5) is 30.3 Å². The van der Waals surface area contributed by atoms with E-state index in [-0.39, 0.29) is 47.0 Å². The molecule has 1 aliphatic rings. The highest BCUT2D eigenvalue weighted by Gasteiger charge is 2.38. The molecule has 0 bridgehead atoms. The molecule has 14 nitrogen and oxygen atoms in total. The number of carbonyl (C=O) groups is 5. The van der Waals surface area contributed by atoms with Gasteiger partial charge >= 0.3 is 18.3 Å². The predicted molar refractivity (Wildman–Crippen MR) is 215 cm³/mol. The molecule has 1 heterocycles. The van der Waals surface area contributed by atoms with Gasteiger partial charge in [0.25, 0.3) is 11.8 Å². The van der Waals surface area contributed by atoms with Crippen molar-refractivity contribution in [3.63, 3.8) is 0 Å². The van der Waals surface area contributed by atoms with Gasteiger partial charge in [-0.1, -0.05) is 18.1 Å².